The Morgan fingerprint density at radius 2 is 1.44 bits per heavy atom. The number of nitrogens with one attached hydrogen (secondary N) is 3. The fourth-order valence-corrected chi connectivity index (χ4v) is 6.88. The lowest BCUT2D eigenvalue weighted by Gasteiger charge is -2.30. The molecule has 61 heavy (non-hydrogen) atoms. The summed E-state index contributed by atoms with van der Waals surface area (Å²) in [7, 11) is 1.51. The first-order valence-electron chi connectivity index (χ1n) is 21.2. The van der Waals surface area contributed by atoms with E-state index in [4.69, 9.17) is 36.6 Å². The highest BCUT2D eigenvalue weighted by Gasteiger charge is 2.32. The number of carbonyl (C=O) groups excluding carboxylic acids is 4. The molecule has 0 radical (unpaired) electrons. The van der Waals surface area contributed by atoms with Crippen LogP contribution in [0.3, 0.4) is 0 Å². The van der Waals surface area contributed by atoms with Gasteiger partial charge in [0, 0.05) is 42.9 Å². The van der Waals surface area contributed by atoms with Crippen molar-refractivity contribution in [2.75, 3.05) is 46.4 Å². The SMILES string of the molecule is CCCCCCCCc1ccc(C(=O)NCC(=O)N(C)C2C(=O)N[C@@H](C)C(=O)NC(C)Cc3ccc(OCCN)c(c3)-c3cc2ccc3OCCN)c(C)c1.CCN.O=CO. The number of carbonyl (C=O) groups is 5. The van der Waals surface area contributed by atoms with Gasteiger partial charge >= 0.3 is 0 Å². The van der Waals surface area contributed by atoms with E-state index < -0.39 is 23.9 Å². The summed E-state index contributed by atoms with van der Waals surface area (Å²) in [6, 6.07) is 14.5. The fraction of sp³-hybridized carbons (Fsp3) is 0.500. The largest absolute Gasteiger partial charge is 0.492 e. The number of nitrogens with zero attached hydrogens (tertiary/aromatic N) is 1. The highest BCUT2D eigenvalue weighted by Crippen LogP contribution is 2.40. The molecule has 4 bridgehead atoms. The zero-order valence-corrected chi connectivity index (χ0v) is 36.9. The molecule has 1 heterocycles. The van der Waals surface area contributed by atoms with Crippen LogP contribution >= 0.6 is 0 Å². The van der Waals surface area contributed by atoms with E-state index >= 15 is 0 Å². The number of rotatable bonds is 17. The van der Waals surface area contributed by atoms with Crippen LogP contribution in [-0.2, 0) is 32.0 Å². The van der Waals surface area contributed by atoms with Crippen LogP contribution in [0.15, 0.2) is 54.6 Å². The summed E-state index contributed by atoms with van der Waals surface area (Å²) in [5, 5.41) is 15.4. The maximum atomic E-state index is 14.1. The zero-order chi connectivity index (χ0) is 45.3. The summed E-state index contributed by atoms with van der Waals surface area (Å²) < 4.78 is 12.1. The molecule has 0 saturated carbocycles. The van der Waals surface area contributed by atoms with Crippen molar-refractivity contribution >= 4 is 30.1 Å². The second-order valence-corrected chi connectivity index (χ2v) is 15.0. The summed E-state index contributed by atoms with van der Waals surface area (Å²) in [6.07, 6.45) is 8.76. The summed E-state index contributed by atoms with van der Waals surface area (Å²) in [6.45, 7) is 10.7. The second kappa shape index (κ2) is 28.1. The van der Waals surface area contributed by atoms with Gasteiger partial charge in [0.05, 0.1) is 6.54 Å². The third-order valence-electron chi connectivity index (χ3n) is 9.87. The number of nitrogens with two attached hydrogens (primary N) is 3. The predicted molar refractivity (Wildman–Crippen MR) is 239 cm³/mol. The van der Waals surface area contributed by atoms with Crippen molar-refractivity contribution in [1.29, 1.82) is 0 Å². The molecule has 3 aromatic rings. The molecular weight excluding hydrogens is 779 g/mol. The van der Waals surface area contributed by atoms with Gasteiger partial charge in [-0.05, 0) is 99.2 Å². The average Bonchev–Trinajstić information content (AvgIpc) is 3.23. The van der Waals surface area contributed by atoms with Crippen LogP contribution in [0.5, 0.6) is 11.5 Å². The highest BCUT2D eigenvalue weighted by molar-refractivity contribution is 5.98. The van der Waals surface area contributed by atoms with Gasteiger partial charge in [0.2, 0.25) is 17.7 Å². The molecule has 15 heteroatoms. The molecular formula is C46H69N7O8. The standard InChI is InChI=1S/C43H60N6O6.C2H7N.CH2O2/c1-6-7-8-9-10-11-12-31-13-16-34(28(2)23-31)42(52)46-27-39(50)49(5)40-33-15-18-38(55-22-20-45)36(26-33)35-25-32(14-17-37(35)54-21-19-44)24-29(3)47-41(51)30(4)48-43(40)53;1-2-3;2-1-3/h13-18,23,25-26,29-30,40H,6-12,19-22,24,27,44-45H2,1-5H3,(H,46,52)(H,47,51)(H,48,53);2-3H2,1H3;1H,(H,2,3)/t29?,30-,40?;;/m0../s1. The van der Waals surface area contributed by atoms with E-state index in [2.05, 4.69) is 22.9 Å². The quantitative estimate of drug-likeness (QED) is 0.0742. The van der Waals surface area contributed by atoms with Crippen molar-refractivity contribution in [2.45, 2.75) is 104 Å². The van der Waals surface area contributed by atoms with Crippen molar-refractivity contribution in [3.05, 3.63) is 82.4 Å². The third kappa shape index (κ3) is 16.8. The molecule has 3 aromatic carbocycles. The van der Waals surface area contributed by atoms with Gasteiger partial charge < -0.3 is 52.6 Å². The Labute approximate surface area is 361 Å². The Hall–Kier alpha value is -5.51. The molecule has 0 aliphatic carbocycles. The van der Waals surface area contributed by atoms with Crippen LogP contribution in [-0.4, -0.2) is 98.6 Å². The minimum atomic E-state index is -1.18. The summed E-state index contributed by atoms with van der Waals surface area (Å²) in [5.41, 5.74) is 21.7. The Balaban J connectivity index is 0.00000201. The number of aryl methyl sites for hydroxylation is 2. The van der Waals surface area contributed by atoms with Gasteiger partial charge in [-0.15, -0.1) is 0 Å². The zero-order valence-electron chi connectivity index (χ0n) is 36.9. The minimum absolute atomic E-state index is 0.245. The van der Waals surface area contributed by atoms with Gasteiger partial charge in [0.15, 0.2) is 0 Å². The van der Waals surface area contributed by atoms with Crippen LogP contribution < -0.4 is 42.6 Å². The Kier molecular flexibility index (Phi) is 23.8. The lowest BCUT2D eigenvalue weighted by molar-refractivity contribution is -0.139. The molecule has 0 spiro atoms. The Morgan fingerprint density at radius 1 is 0.852 bits per heavy atom. The number of fused-ring (bicyclic) bond motifs is 5. The summed E-state index contributed by atoms with van der Waals surface area (Å²) in [4.78, 5) is 64.2. The molecule has 0 saturated heterocycles. The molecule has 15 nitrogen and oxygen atoms in total. The van der Waals surface area contributed by atoms with Crippen molar-refractivity contribution in [2.24, 2.45) is 17.2 Å². The van der Waals surface area contributed by atoms with E-state index in [9.17, 15) is 19.2 Å². The van der Waals surface area contributed by atoms with Gasteiger partial charge in [-0.25, -0.2) is 0 Å². The van der Waals surface area contributed by atoms with Gasteiger partial charge in [0.25, 0.3) is 12.4 Å². The molecule has 1 aliphatic rings. The summed E-state index contributed by atoms with van der Waals surface area (Å²) in [5.74, 6) is -0.743. The van der Waals surface area contributed by atoms with Crippen molar-refractivity contribution in [3.8, 4) is 22.6 Å². The number of amides is 4. The van der Waals surface area contributed by atoms with Gasteiger partial charge in [-0.2, -0.15) is 0 Å². The van der Waals surface area contributed by atoms with E-state index in [1.807, 2.05) is 51.1 Å². The van der Waals surface area contributed by atoms with Crippen LogP contribution in [0.4, 0.5) is 0 Å². The molecule has 4 amide bonds. The van der Waals surface area contributed by atoms with E-state index in [0.717, 1.165) is 30.5 Å². The van der Waals surface area contributed by atoms with Crippen LogP contribution in [0.25, 0.3) is 11.1 Å². The molecule has 0 fully saturated rings. The summed E-state index contributed by atoms with van der Waals surface area (Å²) >= 11 is 0. The van der Waals surface area contributed by atoms with Gasteiger partial charge in [0.1, 0.15) is 36.8 Å². The number of carboxylic acid groups (broad SMARTS) is 1. The lowest BCUT2D eigenvalue weighted by atomic mass is 9.94. The first-order valence-corrected chi connectivity index (χ1v) is 21.2. The Morgan fingerprint density at radius 3 is 2.05 bits per heavy atom. The first kappa shape index (κ1) is 51.6. The smallest absolute Gasteiger partial charge is 0.290 e. The van der Waals surface area contributed by atoms with Crippen molar-refractivity contribution in [3.63, 3.8) is 0 Å². The normalized spacial score (nSPS) is 15.9. The number of hydrogen-bond donors (Lipinski definition) is 7. The average molecular weight is 848 g/mol. The van der Waals surface area contributed by atoms with Crippen molar-refractivity contribution < 1.29 is 38.6 Å². The Bertz CT molecular complexity index is 1860. The molecule has 3 atom stereocenters. The minimum Gasteiger partial charge on any atom is -0.492 e. The lowest BCUT2D eigenvalue weighted by Crippen LogP contribution is -2.52. The first-order chi connectivity index (χ1) is 29.3. The molecule has 10 N–H and O–H groups in total. The maximum absolute atomic E-state index is 14.1. The topological polar surface area (TPSA) is 241 Å². The number of hydrogen-bond acceptors (Lipinski definition) is 10. The number of likely N-dealkylation sites (N-methyl/N-ethyl adjacent to an activating group) is 1. The maximum Gasteiger partial charge on any atom is 0.290 e. The second-order valence-electron chi connectivity index (χ2n) is 15.0. The van der Waals surface area contributed by atoms with E-state index in [0.29, 0.717) is 46.7 Å². The van der Waals surface area contributed by atoms with E-state index in [1.165, 1.54) is 49.6 Å². The van der Waals surface area contributed by atoms with Gasteiger partial charge in [-0.3, -0.25) is 24.0 Å². The van der Waals surface area contributed by atoms with Gasteiger partial charge in [-0.1, -0.05) is 70.2 Å². The van der Waals surface area contributed by atoms with E-state index in [1.54, 1.807) is 31.2 Å². The number of ether oxygens (including phenoxy) is 2. The van der Waals surface area contributed by atoms with Crippen LogP contribution in [0, 0.1) is 6.92 Å². The van der Waals surface area contributed by atoms with Crippen LogP contribution in [0.1, 0.15) is 105 Å². The third-order valence-corrected chi connectivity index (χ3v) is 9.87. The highest BCUT2D eigenvalue weighted by atomic mass is 16.5. The van der Waals surface area contributed by atoms with E-state index in [-0.39, 0.29) is 50.6 Å². The fourth-order valence-electron chi connectivity index (χ4n) is 6.88. The number of unbranched alkanes of at least 4 members (excludes halogenated alkanes) is 5. The molecule has 2 unspecified atom stereocenters. The monoisotopic (exact) mass is 848 g/mol. The molecule has 0 aromatic heterocycles. The van der Waals surface area contributed by atoms with Crippen molar-refractivity contribution in [1.82, 2.24) is 20.9 Å². The number of benzene rings is 3. The molecule has 4 rings (SSSR count). The predicted octanol–water partition coefficient (Wildman–Crippen LogP) is 4.40. The van der Waals surface area contributed by atoms with Crippen LogP contribution in [0.2, 0.25) is 0 Å². The molecule has 336 valence electrons. The molecule has 1 aliphatic heterocycles.